The summed E-state index contributed by atoms with van der Waals surface area (Å²) in [4.78, 5) is 14.9. The van der Waals surface area contributed by atoms with Gasteiger partial charge in [0.25, 0.3) is 0 Å². The van der Waals surface area contributed by atoms with Gasteiger partial charge in [-0.3, -0.25) is 5.41 Å². The van der Waals surface area contributed by atoms with Crippen molar-refractivity contribution in [3.05, 3.63) is 96.5 Å². The molecular weight excluding hydrogens is 581 g/mol. The molecule has 2 aromatic rings. The van der Waals surface area contributed by atoms with Crippen LogP contribution in [0.15, 0.2) is 79.0 Å². The molecule has 226 valence electrons. The fourth-order valence-electron chi connectivity index (χ4n) is 4.38. The minimum absolute atomic E-state index is 0.205. The van der Waals surface area contributed by atoms with E-state index in [-0.39, 0.29) is 17.2 Å². The number of carbonyl (C=O) groups excluding carboxylic acids is 1. The van der Waals surface area contributed by atoms with Gasteiger partial charge < -0.3 is 10.1 Å². The Morgan fingerprint density at radius 2 is 1.68 bits per heavy atom. The molecule has 5 nitrogen and oxygen atoms in total. The zero-order valence-corrected chi connectivity index (χ0v) is 27.5. The van der Waals surface area contributed by atoms with Gasteiger partial charge in [-0.05, 0) is 86.3 Å². The first kappa shape index (κ1) is 37.9. The van der Waals surface area contributed by atoms with Crippen molar-refractivity contribution in [2.45, 2.75) is 72.6 Å². The summed E-state index contributed by atoms with van der Waals surface area (Å²) in [7, 11) is 0. The van der Waals surface area contributed by atoms with Crippen molar-refractivity contribution < 1.29 is 13.9 Å². The van der Waals surface area contributed by atoms with Gasteiger partial charge in [0.1, 0.15) is 11.7 Å². The van der Waals surface area contributed by atoms with Gasteiger partial charge in [-0.2, -0.15) is 0 Å². The average Bonchev–Trinajstić information content (AvgIpc) is 2.93. The topological polar surface area (TPSA) is 74.5 Å². The van der Waals surface area contributed by atoms with Crippen molar-refractivity contribution in [1.29, 1.82) is 5.41 Å². The lowest BCUT2D eigenvalue weighted by molar-refractivity contribution is -0.137. The maximum atomic E-state index is 13.8. The van der Waals surface area contributed by atoms with E-state index in [1.807, 2.05) is 43.1 Å². The minimum Gasteiger partial charge on any atom is -0.463 e. The van der Waals surface area contributed by atoms with Crippen molar-refractivity contribution in [2.24, 2.45) is 10.4 Å². The number of aliphatic imine (C=N–C) groups is 1. The Kier molecular flexibility index (Phi) is 18.4. The van der Waals surface area contributed by atoms with E-state index in [0.717, 1.165) is 47.7 Å². The molecule has 0 bridgehead atoms. The molecule has 1 unspecified atom stereocenters. The number of hydrogen-bond acceptors (Lipinski definition) is 4. The molecule has 0 aromatic heterocycles. The molecule has 0 amide bonds. The van der Waals surface area contributed by atoms with Gasteiger partial charge in [0, 0.05) is 18.3 Å². The molecule has 0 spiro atoms. The molecule has 7 heteroatoms. The number of amidine groups is 1. The Morgan fingerprint density at radius 3 is 2.17 bits per heavy atom. The SMILES string of the molecule is C=CC(=O)OCC.C=CNCCC(CCCC(C)(C)C)(C(=N)N=C(C)c1ccccc1C)c1ccc(F)cc1.CBr. The molecule has 0 saturated heterocycles. The number of alkyl halides is 1. The van der Waals surface area contributed by atoms with E-state index in [1.165, 1.54) is 12.1 Å². The van der Waals surface area contributed by atoms with Crippen LogP contribution in [0, 0.1) is 23.6 Å². The largest absolute Gasteiger partial charge is 0.463 e. The highest BCUT2D eigenvalue weighted by Gasteiger charge is 2.37. The summed E-state index contributed by atoms with van der Waals surface area (Å²) in [5, 5.41) is 12.4. The van der Waals surface area contributed by atoms with Crippen molar-refractivity contribution in [3.8, 4) is 0 Å². The molecule has 2 N–H and O–H groups in total. The number of ether oxygens (including phenoxy) is 1. The number of benzene rings is 2. The van der Waals surface area contributed by atoms with Crippen molar-refractivity contribution in [1.82, 2.24) is 5.32 Å². The molecular formula is C34H49BrFN3O2. The lowest BCUT2D eigenvalue weighted by atomic mass is 9.71. The predicted molar refractivity (Wildman–Crippen MR) is 177 cm³/mol. The summed E-state index contributed by atoms with van der Waals surface area (Å²) in [5.74, 6) is 1.51. The number of carbonyl (C=O) groups is 1. The number of aryl methyl sites for hydroxylation is 1. The first-order valence-electron chi connectivity index (χ1n) is 13.9. The van der Waals surface area contributed by atoms with Crippen LogP contribution < -0.4 is 5.32 Å². The van der Waals surface area contributed by atoms with Crippen LogP contribution in [0.25, 0.3) is 0 Å². The molecule has 41 heavy (non-hydrogen) atoms. The molecule has 0 saturated carbocycles. The van der Waals surface area contributed by atoms with Crippen LogP contribution in [0.2, 0.25) is 0 Å². The Balaban J connectivity index is 0.00000155. The predicted octanol–water partition coefficient (Wildman–Crippen LogP) is 8.94. The summed E-state index contributed by atoms with van der Waals surface area (Å²) in [6.45, 7) is 20.5. The van der Waals surface area contributed by atoms with Gasteiger partial charge >= 0.3 is 5.97 Å². The van der Waals surface area contributed by atoms with Crippen molar-refractivity contribution in [3.63, 3.8) is 0 Å². The third-order valence-electron chi connectivity index (χ3n) is 6.49. The molecule has 0 radical (unpaired) electrons. The minimum atomic E-state index is -0.612. The number of halogens is 2. The summed E-state index contributed by atoms with van der Waals surface area (Å²) >= 11 is 2.94. The summed E-state index contributed by atoms with van der Waals surface area (Å²) in [6, 6.07) is 14.7. The third kappa shape index (κ3) is 13.9. The molecule has 2 rings (SSSR count). The maximum Gasteiger partial charge on any atom is 0.330 e. The highest BCUT2D eigenvalue weighted by molar-refractivity contribution is 9.08. The van der Waals surface area contributed by atoms with Crippen LogP contribution in [0.1, 0.15) is 77.0 Å². The molecule has 0 aliphatic heterocycles. The van der Waals surface area contributed by atoms with Crippen LogP contribution in [-0.2, 0) is 14.9 Å². The normalized spacial score (nSPS) is 12.4. The Hall–Kier alpha value is -3.06. The van der Waals surface area contributed by atoms with E-state index in [1.54, 1.807) is 13.1 Å². The maximum absolute atomic E-state index is 13.8. The lowest BCUT2D eigenvalue weighted by Gasteiger charge is -2.35. The van der Waals surface area contributed by atoms with Crippen molar-refractivity contribution in [2.75, 3.05) is 19.0 Å². The number of esters is 1. The van der Waals surface area contributed by atoms with Crippen LogP contribution in [0.5, 0.6) is 0 Å². The van der Waals surface area contributed by atoms with Crippen LogP contribution in [0.4, 0.5) is 4.39 Å². The molecule has 1 atom stereocenters. The van der Waals surface area contributed by atoms with Crippen LogP contribution in [0.3, 0.4) is 0 Å². The number of hydrogen-bond donors (Lipinski definition) is 2. The summed E-state index contributed by atoms with van der Waals surface area (Å²) < 4.78 is 18.2. The number of nitrogens with zero attached hydrogens (tertiary/aromatic N) is 1. The second-order valence-corrected chi connectivity index (χ2v) is 10.7. The number of nitrogens with one attached hydrogen (secondary N) is 2. The van der Waals surface area contributed by atoms with E-state index in [0.29, 0.717) is 25.4 Å². The van der Waals surface area contributed by atoms with Crippen LogP contribution in [-0.4, -0.2) is 36.5 Å². The zero-order chi connectivity index (χ0) is 31.5. The fraction of sp³-hybridized carbons (Fsp3) is 0.441. The van der Waals surface area contributed by atoms with E-state index >= 15 is 0 Å². The van der Waals surface area contributed by atoms with Crippen LogP contribution >= 0.6 is 15.9 Å². The van der Waals surface area contributed by atoms with Gasteiger partial charge in [0.2, 0.25) is 0 Å². The van der Waals surface area contributed by atoms with E-state index in [2.05, 4.69) is 72.9 Å². The summed E-state index contributed by atoms with van der Waals surface area (Å²) in [6.07, 6.45) is 6.27. The Bertz CT molecular complexity index is 1120. The van der Waals surface area contributed by atoms with Gasteiger partial charge in [-0.25, -0.2) is 14.2 Å². The molecule has 0 aliphatic carbocycles. The van der Waals surface area contributed by atoms with E-state index in [9.17, 15) is 14.6 Å². The molecule has 2 aromatic carbocycles. The third-order valence-corrected chi connectivity index (χ3v) is 6.49. The highest BCUT2D eigenvalue weighted by Crippen LogP contribution is 2.37. The van der Waals surface area contributed by atoms with E-state index in [4.69, 9.17) is 4.99 Å². The highest BCUT2D eigenvalue weighted by atomic mass is 79.9. The second kappa shape index (κ2) is 19.9. The first-order valence-corrected chi connectivity index (χ1v) is 15.5. The van der Waals surface area contributed by atoms with Gasteiger partial charge in [-0.15, -0.1) is 0 Å². The zero-order valence-electron chi connectivity index (χ0n) is 25.9. The molecule has 0 heterocycles. The Morgan fingerprint density at radius 1 is 1.07 bits per heavy atom. The second-order valence-electron chi connectivity index (χ2n) is 10.7. The smallest absolute Gasteiger partial charge is 0.330 e. The first-order chi connectivity index (χ1) is 19.4. The number of rotatable bonds is 12. The van der Waals surface area contributed by atoms with Gasteiger partial charge in [-0.1, -0.05) is 92.7 Å². The Labute approximate surface area is 256 Å². The van der Waals surface area contributed by atoms with Gasteiger partial charge in [0.15, 0.2) is 0 Å². The molecule has 0 fully saturated rings. The molecule has 0 aliphatic rings. The van der Waals surface area contributed by atoms with Gasteiger partial charge in [0.05, 0.1) is 12.0 Å². The monoisotopic (exact) mass is 629 g/mol. The van der Waals surface area contributed by atoms with Crippen molar-refractivity contribution >= 4 is 33.4 Å². The quantitative estimate of drug-likeness (QED) is 0.0614. The average molecular weight is 631 g/mol. The lowest BCUT2D eigenvalue weighted by Crippen LogP contribution is -2.38. The van der Waals surface area contributed by atoms with E-state index < -0.39 is 5.41 Å². The standard InChI is InChI=1S/C28H38FN3.C5H8O2.CH3Br/c1-7-31-20-19-28(18-10-17-27(4,5)6,23-13-15-24(29)16-14-23)26(30)32-22(3)25-12-9-8-11-21(25)2;1-3-5(6)7-4-2;1-2/h7-9,11-16,30-31H,1,10,17-20H2,2-6H3;3H,1,4H2,2H3;1H3. The summed E-state index contributed by atoms with van der Waals surface area (Å²) in [5.41, 5.74) is 3.53. The fourth-order valence-corrected chi connectivity index (χ4v) is 4.38.